The van der Waals surface area contributed by atoms with E-state index in [0.29, 0.717) is 4.88 Å². The largest absolute Gasteiger partial charge is 0.388 e. The summed E-state index contributed by atoms with van der Waals surface area (Å²) >= 11 is 3.05. The van der Waals surface area contributed by atoms with E-state index in [-0.39, 0.29) is 5.91 Å². The standard InChI is InChI=1S/C13H18N2O2S2/c1-7(2)14-15-12(17)11-8-5-4-6-9(16)10(8)13(18-3)19-11/h9,16H,4-6H2,1-3H3,(H,15,17)/t9-/m0/s1. The SMILES string of the molecule is CSc1sc(C(=O)NN=C(C)C)c2c1[C@@H](O)CCC2. The summed E-state index contributed by atoms with van der Waals surface area (Å²) in [5.41, 5.74) is 5.35. The van der Waals surface area contributed by atoms with E-state index < -0.39 is 6.10 Å². The van der Waals surface area contributed by atoms with Crippen LogP contribution in [-0.2, 0) is 6.42 Å². The van der Waals surface area contributed by atoms with Gasteiger partial charge in [0.15, 0.2) is 0 Å². The zero-order valence-electron chi connectivity index (χ0n) is 11.3. The minimum absolute atomic E-state index is 0.170. The average molecular weight is 298 g/mol. The van der Waals surface area contributed by atoms with Gasteiger partial charge in [0.05, 0.1) is 15.2 Å². The molecule has 1 aliphatic rings. The first-order valence-electron chi connectivity index (χ1n) is 6.23. The molecule has 1 atom stereocenters. The Morgan fingerprint density at radius 1 is 1.53 bits per heavy atom. The van der Waals surface area contributed by atoms with E-state index in [1.807, 2.05) is 20.1 Å². The Bertz CT molecular complexity index is 519. The molecule has 0 spiro atoms. The lowest BCUT2D eigenvalue weighted by atomic mass is 9.91. The van der Waals surface area contributed by atoms with E-state index in [9.17, 15) is 9.90 Å². The third kappa shape index (κ3) is 3.01. The maximum Gasteiger partial charge on any atom is 0.281 e. The summed E-state index contributed by atoms with van der Waals surface area (Å²) in [4.78, 5) is 12.9. The zero-order valence-corrected chi connectivity index (χ0v) is 13.0. The fourth-order valence-electron chi connectivity index (χ4n) is 2.21. The summed E-state index contributed by atoms with van der Waals surface area (Å²) < 4.78 is 1.05. The number of hydrogen-bond acceptors (Lipinski definition) is 5. The highest BCUT2D eigenvalue weighted by Crippen LogP contribution is 2.43. The summed E-state index contributed by atoms with van der Waals surface area (Å²) in [6.07, 6.45) is 4.12. The number of hydrogen-bond donors (Lipinski definition) is 2. The normalized spacial score (nSPS) is 17.8. The Labute approximate surface area is 121 Å². The van der Waals surface area contributed by atoms with Gasteiger partial charge in [-0.3, -0.25) is 4.79 Å². The van der Waals surface area contributed by atoms with E-state index >= 15 is 0 Å². The summed E-state index contributed by atoms with van der Waals surface area (Å²) in [5.74, 6) is -0.170. The molecule has 6 heteroatoms. The number of rotatable bonds is 3. The molecule has 0 aromatic carbocycles. The molecule has 1 aromatic heterocycles. The van der Waals surface area contributed by atoms with Crippen LogP contribution in [0, 0.1) is 0 Å². The molecular formula is C13H18N2O2S2. The van der Waals surface area contributed by atoms with Crippen LogP contribution in [0.4, 0.5) is 0 Å². The summed E-state index contributed by atoms with van der Waals surface area (Å²) in [6, 6.07) is 0. The van der Waals surface area contributed by atoms with E-state index in [0.717, 1.165) is 40.3 Å². The van der Waals surface area contributed by atoms with E-state index in [4.69, 9.17) is 0 Å². The molecule has 1 amide bonds. The molecule has 0 fully saturated rings. The number of thiophene rings is 1. The first kappa shape index (κ1) is 14.6. The molecule has 0 saturated carbocycles. The Morgan fingerprint density at radius 2 is 2.26 bits per heavy atom. The van der Waals surface area contributed by atoms with Crippen LogP contribution in [0.25, 0.3) is 0 Å². The molecule has 1 heterocycles. The second-order valence-electron chi connectivity index (χ2n) is 4.72. The van der Waals surface area contributed by atoms with E-state index in [1.165, 1.54) is 11.3 Å². The van der Waals surface area contributed by atoms with Crippen LogP contribution in [0.1, 0.15) is 53.6 Å². The lowest BCUT2D eigenvalue weighted by Crippen LogP contribution is -2.20. The maximum absolute atomic E-state index is 12.2. The number of aliphatic hydroxyl groups excluding tert-OH is 1. The molecule has 2 rings (SSSR count). The Hall–Kier alpha value is -0.850. The zero-order chi connectivity index (χ0) is 14.0. The van der Waals surface area contributed by atoms with Gasteiger partial charge in [-0.05, 0) is 44.9 Å². The molecule has 19 heavy (non-hydrogen) atoms. The molecule has 2 N–H and O–H groups in total. The van der Waals surface area contributed by atoms with Crippen LogP contribution in [0.2, 0.25) is 0 Å². The second kappa shape index (κ2) is 6.07. The van der Waals surface area contributed by atoms with E-state index in [1.54, 1.807) is 11.8 Å². The fourth-order valence-corrected chi connectivity index (χ4v) is 4.30. The predicted molar refractivity (Wildman–Crippen MR) is 80.2 cm³/mol. The summed E-state index contributed by atoms with van der Waals surface area (Å²) in [6.45, 7) is 3.67. The monoisotopic (exact) mass is 298 g/mol. The van der Waals surface area contributed by atoms with Crippen molar-refractivity contribution in [2.45, 2.75) is 43.4 Å². The topological polar surface area (TPSA) is 61.7 Å². The number of nitrogens with zero attached hydrogens (tertiary/aromatic N) is 1. The Kier molecular flexibility index (Phi) is 4.65. The van der Waals surface area contributed by atoms with Crippen molar-refractivity contribution in [2.75, 3.05) is 6.26 Å². The molecule has 104 valence electrons. The van der Waals surface area contributed by atoms with Crippen molar-refractivity contribution in [3.05, 3.63) is 16.0 Å². The summed E-state index contributed by atoms with van der Waals surface area (Å²) in [7, 11) is 0. The van der Waals surface area contributed by atoms with Gasteiger partial charge < -0.3 is 5.11 Å². The molecule has 0 aliphatic heterocycles. The minimum atomic E-state index is -0.430. The molecule has 0 saturated heterocycles. The minimum Gasteiger partial charge on any atom is -0.388 e. The van der Waals surface area contributed by atoms with Crippen LogP contribution in [0.15, 0.2) is 9.31 Å². The number of fused-ring (bicyclic) bond motifs is 1. The van der Waals surface area contributed by atoms with Gasteiger partial charge in [-0.2, -0.15) is 5.10 Å². The van der Waals surface area contributed by atoms with Crippen molar-refractivity contribution in [2.24, 2.45) is 5.10 Å². The van der Waals surface area contributed by atoms with Crippen molar-refractivity contribution in [3.63, 3.8) is 0 Å². The number of amides is 1. The molecule has 0 bridgehead atoms. The Morgan fingerprint density at radius 3 is 2.89 bits per heavy atom. The summed E-state index contributed by atoms with van der Waals surface area (Å²) in [5, 5.41) is 14.1. The van der Waals surface area contributed by atoms with Crippen molar-refractivity contribution >= 4 is 34.7 Å². The van der Waals surface area contributed by atoms with Gasteiger partial charge in [0.2, 0.25) is 0 Å². The highest BCUT2D eigenvalue weighted by atomic mass is 32.2. The van der Waals surface area contributed by atoms with Gasteiger partial charge in [0.1, 0.15) is 0 Å². The molecule has 0 radical (unpaired) electrons. The third-order valence-electron chi connectivity index (χ3n) is 3.02. The predicted octanol–water partition coefficient (Wildman–Crippen LogP) is 2.97. The number of thioether (sulfide) groups is 1. The molecule has 4 nitrogen and oxygen atoms in total. The van der Waals surface area contributed by atoms with Gasteiger partial charge in [-0.15, -0.1) is 23.1 Å². The van der Waals surface area contributed by atoms with Crippen LogP contribution < -0.4 is 5.43 Å². The molecule has 1 aliphatic carbocycles. The van der Waals surface area contributed by atoms with Crippen LogP contribution in [0.5, 0.6) is 0 Å². The van der Waals surface area contributed by atoms with Gasteiger partial charge >= 0.3 is 0 Å². The number of aliphatic hydroxyl groups is 1. The van der Waals surface area contributed by atoms with E-state index in [2.05, 4.69) is 10.5 Å². The average Bonchev–Trinajstić information content (AvgIpc) is 2.76. The Balaban J connectivity index is 2.36. The van der Waals surface area contributed by atoms with Gasteiger partial charge in [0.25, 0.3) is 5.91 Å². The van der Waals surface area contributed by atoms with Gasteiger partial charge in [0, 0.05) is 11.3 Å². The van der Waals surface area contributed by atoms with Crippen molar-refractivity contribution in [3.8, 4) is 0 Å². The maximum atomic E-state index is 12.2. The van der Waals surface area contributed by atoms with Crippen molar-refractivity contribution in [1.82, 2.24) is 5.43 Å². The number of carbonyl (C=O) groups excluding carboxylic acids is 1. The highest BCUT2D eigenvalue weighted by molar-refractivity contribution is 8.00. The number of hydrazone groups is 1. The van der Waals surface area contributed by atoms with Crippen LogP contribution in [-0.4, -0.2) is 23.0 Å². The lowest BCUT2D eigenvalue weighted by molar-refractivity contribution is 0.0957. The van der Waals surface area contributed by atoms with Crippen molar-refractivity contribution in [1.29, 1.82) is 0 Å². The van der Waals surface area contributed by atoms with Gasteiger partial charge in [-0.25, -0.2) is 5.43 Å². The molecule has 1 aromatic rings. The second-order valence-corrected chi connectivity index (χ2v) is 6.82. The molecule has 0 unspecified atom stereocenters. The smallest absolute Gasteiger partial charge is 0.281 e. The quantitative estimate of drug-likeness (QED) is 0.512. The van der Waals surface area contributed by atoms with Crippen molar-refractivity contribution < 1.29 is 9.90 Å². The highest BCUT2D eigenvalue weighted by Gasteiger charge is 2.29. The number of carbonyl (C=O) groups is 1. The van der Waals surface area contributed by atoms with Gasteiger partial charge in [-0.1, -0.05) is 0 Å². The van der Waals surface area contributed by atoms with Crippen LogP contribution in [0.3, 0.4) is 0 Å². The molecular weight excluding hydrogens is 280 g/mol. The van der Waals surface area contributed by atoms with Crippen LogP contribution >= 0.6 is 23.1 Å². The lowest BCUT2D eigenvalue weighted by Gasteiger charge is -2.19. The fraction of sp³-hybridized carbons (Fsp3) is 0.538. The third-order valence-corrected chi connectivity index (χ3v) is 5.41. The first-order chi connectivity index (χ1) is 9.04. The first-order valence-corrected chi connectivity index (χ1v) is 8.27. The number of nitrogens with one attached hydrogen (secondary N) is 1.